The highest BCUT2D eigenvalue weighted by atomic mass is 127. The smallest absolute Gasteiger partial charge is 0.242 e. The van der Waals surface area contributed by atoms with Gasteiger partial charge in [0.15, 0.2) is 5.96 Å². The number of halogens is 1. The molecule has 0 heterocycles. The highest BCUT2D eigenvalue weighted by molar-refractivity contribution is 14.0. The van der Waals surface area contributed by atoms with E-state index in [9.17, 15) is 9.59 Å². The molecule has 0 aromatic carbocycles. The van der Waals surface area contributed by atoms with Crippen LogP contribution in [-0.4, -0.2) is 49.0 Å². The molecule has 0 aromatic rings. The summed E-state index contributed by atoms with van der Waals surface area (Å²) in [6, 6.07) is 0.413. The lowest BCUT2D eigenvalue weighted by Crippen LogP contribution is -2.43. The Balaban J connectivity index is 0.00000529. The van der Waals surface area contributed by atoms with Crippen molar-refractivity contribution in [1.82, 2.24) is 21.3 Å². The standard InChI is InChI=1S/C16H31N5O2.HI/c1-5-17-15(19-11-14(23)21-16(2,3)4)18-10-6-7-13(22)20-12-8-9-12;/h12H,5-11H2,1-4H3,(H,20,22)(H,21,23)(H2,17,18,19);1H. The topological polar surface area (TPSA) is 94.6 Å². The molecule has 0 atom stereocenters. The second-order valence-corrected chi connectivity index (χ2v) is 6.87. The molecule has 1 aliphatic rings. The molecule has 1 saturated carbocycles. The van der Waals surface area contributed by atoms with Crippen molar-refractivity contribution in [1.29, 1.82) is 0 Å². The normalized spacial score (nSPS) is 14.4. The van der Waals surface area contributed by atoms with Crippen molar-refractivity contribution in [3.8, 4) is 0 Å². The summed E-state index contributed by atoms with van der Waals surface area (Å²) in [5.41, 5.74) is -0.257. The molecular weight excluding hydrogens is 421 g/mol. The average Bonchev–Trinajstić information content (AvgIpc) is 3.22. The molecule has 1 aliphatic carbocycles. The molecule has 0 aliphatic heterocycles. The maximum atomic E-state index is 11.8. The molecule has 0 saturated heterocycles. The molecule has 0 unspecified atom stereocenters. The number of rotatable bonds is 8. The molecule has 0 radical (unpaired) electrons. The minimum Gasteiger partial charge on any atom is -0.357 e. The molecule has 4 N–H and O–H groups in total. The lowest BCUT2D eigenvalue weighted by atomic mass is 10.1. The van der Waals surface area contributed by atoms with Crippen LogP contribution in [0.3, 0.4) is 0 Å². The number of nitrogens with one attached hydrogen (secondary N) is 4. The van der Waals surface area contributed by atoms with E-state index in [2.05, 4.69) is 26.3 Å². The Bertz CT molecular complexity index is 431. The summed E-state index contributed by atoms with van der Waals surface area (Å²) in [5, 5.41) is 12.1. The minimum absolute atomic E-state index is 0. The van der Waals surface area contributed by atoms with Crippen LogP contribution in [0, 0.1) is 0 Å². The van der Waals surface area contributed by atoms with Gasteiger partial charge in [0, 0.05) is 31.1 Å². The molecule has 8 heteroatoms. The van der Waals surface area contributed by atoms with Gasteiger partial charge in [-0.1, -0.05) is 0 Å². The summed E-state index contributed by atoms with van der Waals surface area (Å²) in [5.74, 6) is 0.596. The van der Waals surface area contributed by atoms with Gasteiger partial charge in [-0.15, -0.1) is 24.0 Å². The Morgan fingerprint density at radius 1 is 1.12 bits per heavy atom. The van der Waals surface area contributed by atoms with Crippen LogP contribution in [0.1, 0.15) is 53.4 Å². The van der Waals surface area contributed by atoms with Crippen LogP contribution in [0.25, 0.3) is 0 Å². The summed E-state index contributed by atoms with van der Waals surface area (Å²) in [4.78, 5) is 27.6. The van der Waals surface area contributed by atoms with E-state index >= 15 is 0 Å². The van der Waals surface area contributed by atoms with Crippen LogP contribution in [0.15, 0.2) is 4.99 Å². The van der Waals surface area contributed by atoms with E-state index < -0.39 is 0 Å². The fourth-order valence-corrected chi connectivity index (χ4v) is 1.93. The van der Waals surface area contributed by atoms with Gasteiger partial charge >= 0.3 is 0 Å². The minimum atomic E-state index is -0.257. The Morgan fingerprint density at radius 2 is 1.79 bits per heavy atom. The third-order valence-corrected chi connectivity index (χ3v) is 3.05. The Kier molecular flexibility index (Phi) is 11.0. The van der Waals surface area contributed by atoms with Gasteiger partial charge in [0.2, 0.25) is 11.8 Å². The van der Waals surface area contributed by atoms with E-state index in [1.807, 2.05) is 27.7 Å². The van der Waals surface area contributed by atoms with E-state index in [0.29, 0.717) is 25.0 Å². The zero-order valence-corrected chi connectivity index (χ0v) is 17.5. The molecular formula is C16H32IN5O2. The summed E-state index contributed by atoms with van der Waals surface area (Å²) in [6.45, 7) is 9.21. The number of guanidine groups is 1. The summed E-state index contributed by atoms with van der Waals surface area (Å²) >= 11 is 0. The van der Waals surface area contributed by atoms with Crippen molar-refractivity contribution >= 4 is 41.8 Å². The van der Waals surface area contributed by atoms with Gasteiger partial charge in [0.05, 0.1) is 0 Å². The second-order valence-electron chi connectivity index (χ2n) is 6.87. The predicted octanol–water partition coefficient (Wildman–Crippen LogP) is 1.13. The lowest BCUT2D eigenvalue weighted by molar-refractivity contribution is -0.122. The van der Waals surface area contributed by atoms with Gasteiger partial charge in [-0.05, 0) is 47.0 Å². The molecule has 7 nitrogen and oxygen atoms in total. The maximum absolute atomic E-state index is 11.8. The zero-order valence-electron chi connectivity index (χ0n) is 15.2. The third-order valence-electron chi connectivity index (χ3n) is 3.05. The van der Waals surface area contributed by atoms with Crippen molar-refractivity contribution in [2.24, 2.45) is 4.99 Å². The number of amides is 2. The van der Waals surface area contributed by atoms with Crippen molar-refractivity contribution < 1.29 is 9.59 Å². The zero-order chi connectivity index (χ0) is 17.3. The molecule has 140 valence electrons. The number of carbonyl (C=O) groups is 2. The largest absolute Gasteiger partial charge is 0.357 e. The van der Waals surface area contributed by atoms with E-state index in [1.54, 1.807) is 0 Å². The molecule has 2 amide bonds. The number of hydrogen-bond acceptors (Lipinski definition) is 3. The first-order chi connectivity index (χ1) is 10.8. The highest BCUT2D eigenvalue weighted by Crippen LogP contribution is 2.18. The molecule has 24 heavy (non-hydrogen) atoms. The van der Waals surface area contributed by atoms with Crippen LogP contribution in [-0.2, 0) is 9.59 Å². The van der Waals surface area contributed by atoms with Gasteiger partial charge in [-0.2, -0.15) is 0 Å². The Labute approximate surface area is 162 Å². The number of nitrogens with zero attached hydrogens (tertiary/aromatic N) is 1. The van der Waals surface area contributed by atoms with Crippen LogP contribution >= 0.6 is 24.0 Å². The maximum Gasteiger partial charge on any atom is 0.242 e. The fraction of sp³-hybridized carbons (Fsp3) is 0.812. The first kappa shape index (κ1) is 22.9. The lowest BCUT2D eigenvalue weighted by Gasteiger charge is -2.20. The van der Waals surface area contributed by atoms with Crippen molar-refractivity contribution in [2.75, 3.05) is 19.6 Å². The van der Waals surface area contributed by atoms with Crippen LogP contribution in [0.2, 0.25) is 0 Å². The average molecular weight is 453 g/mol. The van der Waals surface area contributed by atoms with E-state index in [-0.39, 0.29) is 47.9 Å². The van der Waals surface area contributed by atoms with Gasteiger partial charge in [-0.3, -0.25) is 9.59 Å². The Hall–Kier alpha value is -1.06. The summed E-state index contributed by atoms with van der Waals surface area (Å²) in [6.07, 6.45) is 3.46. The number of carbonyl (C=O) groups excluding carboxylic acids is 2. The van der Waals surface area contributed by atoms with Gasteiger partial charge in [-0.25, -0.2) is 4.99 Å². The monoisotopic (exact) mass is 453 g/mol. The van der Waals surface area contributed by atoms with Crippen molar-refractivity contribution in [3.05, 3.63) is 0 Å². The molecule has 0 bridgehead atoms. The van der Waals surface area contributed by atoms with Gasteiger partial charge in [0.1, 0.15) is 6.54 Å². The summed E-state index contributed by atoms with van der Waals surface area (Å²) in [7, 11) is 0. The highest BCUT2D eigenvalue weighted by Gasteiger charge is 2.22. The molecule has 1 fully saturated rings. The van der Waals surface area contributed by atoms with Crippen molar-refractivity contribution in [2.45, 2.75) is 65.0 Å². The Morgan fingerprint density at radius 3 is 2.33 bits per heavy atom. The second kappa shape index (κ2) is 11.5. The van der Waals surface area contributed by atoms with E-state index in [4.69, 9.17) is 0 Å². The third kappa shape index (κ3) is 12.4. The first-order valence-corrected chi connectivity index (χ1v) is 8.42. The van der Waals surface area contributed by atoms with Crippen molar-refractivity contribution in [3.63, 3.8) is 0 Å². The van der Waals surface area contributed by atoms with Crippen LogP contribution in [0.4, 0.5) is 0 Å². The van der Waals surface area contributed by atoms with Gasteiger partial charge < -0.3 is 21.3 Å². The van der Waals surface area contributed by atoms with Crippen LogP contribution < -0.4 is 21.3 Å². The van der Waals surface area contributed by atoms with Gasteiger partial charge in [0.25, 0.3) is 0 Å². The molecule has 0 spiro atoms. The number of aliphatic imine (C=N–C) groups is 1. The predicted molar refractivity (Wildman–Crippen MR) is 108 cm³/mol. The number of hydrogen-bond donors (Lipinski definition) is 4. The molecule has 1 rings (SSSR count). The SMILES string of the molecule is CCNC(=NCC(=O)NC(C)(C)C)NCCCC(=O)NC1CC1.I. The van der Waals surface area contributed by atoms with Crippen LogP contribution in [0.5, 0.6) is 0 Å². The first-order valence-electron chi connectivity index (χ1n) is 8.42. The quantitative estimate of drug-likeness (QED) is 0.192. The fourth-order valence-electron chi connectivity index (χ4n) is 1.93. The van der Waals surface area contributed by atoms with E-state index in [1.165, 1.54) is 0 Å². The van der Waals surface area contributed by atoms with E-state index in [0.717, 1.165) is 25.8 Å². The molecule has 0 aromatic heterocycles. The summed E-state index contributed by atoms with van der Waals surface area (Å²) < 4.78 is 0.